The quantitative estimate of drug-likeness (QED) is 0.517. The number of aryl methyl sites for hydroxylation is 1. The summed E-state index contributed by atoms with van der Waals surface area (Å²) >= 11 is 0. The summed E-state index contributed by atoms with van der Waals surface area (Å²) in [5, 5.41) is 3.06. The monoisotopic (exact) mass is 473 g/mol. The van der Waals surface area contributed by atoms with Gasteiger partial charge in [-0.05, 0) is 44.5 Å². The Morgan fingerprint density at radius 2 is 1.89 bits per heavy atom. The molecule has 1 N–H and O–H groups in total. The number of methoxy groups -OCH3 is 1. The summed E-state index contributed by atoms with van der Waals surface area (Å²) in [6, 6.07) is 18.6. The molecule has 2 atom stereocenters. The molecule has 0 aliphatic carbocycles. The summed E-state index contributed by atoms with van der Waals surface area (Å²) in [6.45, 7) is 4.68. The van der Waals surface area contributed by atoms with E-state index in [0.717, 1.165) is 22.4 Å². The molecule has 4 rings (SSSR count). The van der Waals surface area contributed by atoms with E-state index in [1.807, 2.05) is 74.5 Å². The Kier molecular flexibility index (Phi) is 7.65. The van der Waals surface area contributed by atoms with Gasteiger partial charge in [-0.15, -0.1) is 0 Å². The number of hydrogen-bond donors (Lipinski definition) is 1. The molecular formula is C28H31N3O4. The molecule has 2 unspecified atom stereocenters. The number of carbonyl (C=O) groups excluding carboxylic acids is 2. The van der Waals surface area contributed by atoms with Gasteiger partial charge in [0.15, 0.2) is 0 Å². The fourth-order valence-corrected chi connectivity index (χ4v) is 4.58. The average molecular weight is 474 g/mol. The zero-order chi connectivity index (χ0) is 24.8. The number of pyridine rings is 1. The maximum atomic E-state index is 13.6. The number of hydrogen-bond acceptors (Lipinski definition) is 5. The number of ether oxygens (including phenoxy) is 2. The number of piperidine rings is 1. The standard InChI is InChI=1S/C28H31N3O4/c1-4-35-28-20(8-7-17-29-28)18-30-27(33)23-15-16-25(32)31(21-13-11-19(2)12-14-21)26(23)22-9-5-6-10-24(22)34-3/h5-14,17,23,26H,4,15-16,18H2,1-3H3,(H,30,33). The summed E-state index contributed by atoms with van der Waals surface area (Å²) in [5.41, 5.74) is 3.47. The molecular weight excluding hydrogens is 442 g/mol. The third kappa shape index (κ3) is 5.29. The molecule has 1 aliphatic heterocycles. The Balaban J connectivity index is 1.68. The molecule has 2 amide bonds. The molecule has 3 aromatic rings. The maximum absolute atomic E-state index is 13.6. The predicted octanol–water partition coefficient (Wildman–Crippen LogP) is 4.60. The summed E-state index contributed by atoms with van der Waals surface area (Å²) in [4.78, 5) is 32.9. The number of nitrogens with zero attached hydrogens (tertiary/aromatic N) is 2. The zero-order valence-corrected chi connectivity index (χ0v) is 20.4. The summed E-state index contributed by atoms with van der Waals surface area (Å²) in [5.74, 6) is 0.554. The predicted molar refractivity (Wildman–Crippen MR) is 134 cm³/mol. The molecule has 182 valence electrons. The van der Waals surface area contributed by atoms with E-state index in [9.17, 15) is 9.59 Å². The van der Waals surface area contributed by atoms with Gasteiger partial charge in [0.1, 0.15) is 5.75 Å². The second-order valence-electron chi connectivity index (χ2n) is 8.55. The third-order valence-electron chi connectivity index (χ3n) is 6.29. The van der Waals surface area contributed by atoms with Crippen molar-refractivity contribution >= 4 is 17.5 Å². The fourth-order valence-electron chi connectivity index (χ4n) is 4.58. The minimum Gasteiger partial charge on any atom is -0.496 e. The number of nitrogens with one attached hydrogen (secondary N) is 1. The first kappa shape index (κ1) is 24.3. The van der Waals surface area contributed by atoms with E-state index < -0.39 is 12.0 Å². The van der Waals surface area contributed by atoms with E-state index >= 15 is 0 Å². The van der Waals surface area contributed by atoms with Crippen LogP contribution in [0.5, 0.6) is 11.6 Å². The van der Waals surface area contributed by atoms with E-state index in [4.69, 9.17) is 9.47 Å². The van der Waals surface area contributed by atoms with Crippen molar-refractivity contribution in [2.75, 3.05) is 18.6 Å². The molecule has 0 radical (unpaired) electrons. The smallest absolute Gasteiger partial charge is 0.227 e. The van der Waals surface area contributed by atoms with Crippen LogP contribution in [0.3, 0.4) is 0 Å². The SMILES string of the molecule is CCOc1ncccc1CNC(=O)C1CCC(=O)N(c2ccc(C)cc2)C1c1ccccc1OC. The minimum atomic E-state index is -0.504. The molecule has 7 heteroatoms. The molecule has 35 heavy (non-hydrogen) atoms. The largest absolute Gasteiger partial charge is 0.496 e. The van der Waals surface area contributed by atoms with Gasteiger partial charge < -0.3 is 19.7 Å². The number of amides is 2. The van der Waals surface area contributed by atoms with Crippen molar-refractivity contribution in [3.8, 4) is 11.6 Å². The highest BCUT2D eigenvalue weighted by molar-refractivity contribution is 5.97. The lowest BCUT2D eigenvalue weighted by Crippen LogP contribution is -2.48. The number of aromatic nitrogens is 1. The fraction of sp³-hybridized carbons (Fsp3) is 0.321. The van der Waals surface area contributed by atoms with Gasteiger partial charge in [0, 0.05) is 36.0 Å². The van der Waals surface area contributed by atoms with Crippen molar-refractivity contribution in [3.05, 3.63) is 83.6 Å². The Hall–Kier alpha value is -3.87. The molecule has 7 nitrogen and oxygen atoms in total. The number of para-hydroxylation sites is 1. The van der Waals surface area contributed by atoms with Crippen LogP contribution in [0.4, 0.5) is 5.69 Å². The first-order valence-electron chi connectivity index (χ1n) is 11.9. The molecule has 2 aromatic carbocycles. The zero-order valence-electron chi connectivity index (χ0n) is 20.4. The summed E-state index contributed by atoms with van der Waals surface area (Å²) in [6.07, 6.45) is 2.40. The van der Waals surface area contributed by atoms with Crippen LogP contribution in [0.1, 0.15) is 42.5 Å². The van der Waals surface area contributed by atoms with Gasteiger partial charge in [0.2, 0.25) is 17.7 Å². The van der Waals surface area contributed by atoms with Gasteiger partial charge in [-0.3, -0.25) is 9.59 Å². The highest BCUT2D eigenvalue weighted by atomic mass is 16.5. The molecule has 0 bridgehead atoms. The Morgan fingerprint density at radius 1 is 1.11 bits per heavy atom. The van der Waals surface area contributed by atoms with Gasteiger partial charge in [-0.2, -0.15) is 0 Å². The highest BCUT2D eigenvalue weighted by Crippen LogP contribution is 2.43. The van der Waals surface area contributed by atoms with Gasteiger partial charge in [-0.1, -0.05) is 42.0 Å². The lowest BCUT2D eigenvalue weighted by Gasteiger charge is -2.41. The topological polar surface area (TPSA) is 80.8 Å². The van der Waals surface area contributed by atoms with Crippen LogP contribution in [0.2, 0.25) is 0 Å². The van der Waals surface area contributed by atoms with E-state index in [1.54, 1.807) is 18.2 Å². The lowest BCUT2D eigenvalue weighted by molar-refractivity contribution is -0.129. The van der Waals surface area contributed by atoms with Crippen molar-refractivity contribution in [3.63, 3.8) is 0 Å². The molecule has 0 spiro atoms. The number of rotatable bonds is 8. The van der Waals surface area contributed by atoms with Crippen molar-refractivity contribution in [1.82, 2.24) is 10.3 Å². The van der Waals surface area contributed by atoms with Crippen LogP contribution in [0.25, 0.3) is 0 Å². The molecule has 0 saturated carbocycles. The van der Waals surface area contributed by atoms with Crippen LogP contribution in [0.15, 0.2) is 66.9 Å². The van der Waals surface area contributed by atoms with Gasteiger partial charge in [0.25, 0.3) is 0 Å². The van der Waals surface area contributed by atoms with E-state index in [-0.39, 0.29) is 24.8 Å². The van der Waals surface area contributed by atoms with Crippen molar-refractivity contribution in [2.24, 2.45) is 5.92 Å². The van der Waals surface area contributed by atoms with Gasteiger partial charge in [0.05, 0.1) is 25.7 Å². The number of anilines is 1. The van der Waals surface area contributed by atoms with Crippen LogP contribution >= 0.6 is 0 Å². The minimum absolute atomic E-state index is 0.0142. The molecule has 1 saturated heterocycles. The second kappa shape index (κ2) is 11.0. The second-order valence-corrected chi connectivity index (χ2v) is 8.55. The summed E-state index contributed by atoms with van der Waals surface area (Å²) < 4.78 is 11.2. The van der Waals surface area contributed by atoms with Gasteiger partial charge in [-0.25, -0.2) is 4.98 Å². The Labute approximate surface area is 206 Å². The van der Waals surface area contributed by atoms with E-state index in [2.05, 4.69) is 10.3 Å². The molecule has 1 aliphatic rings. The van der Waals surface area contributed by atoms with Crippen LogP contribution in [-0.2, 0) is 16.1 Å². The van der Waals surface area contributed by atoms with Crippen molar-refractivity contribution < 1.29 is 19.1 Å². The van der Waals surface area contributed by atoms with Crippen molar-refractivity contribution in [1.29, 1.82) is 0 Å². The average Bonchev–Trinajstić information content (AvgIpc) is 2.88. The first-order valence-corrected chi connectivity index (χ1v) is 11.9. The number of carbonyl (C=O) groups is 2. The van der Waals surface area contributed by atoms with E-state index in [0.29, 0.717) is 24.7 Å². The first-order chi connectivity index (χ1) is 17.0. The number of benzene rings is 2. The van der Waals surface area contributed by atoms with Crippen LogP contribution in [0, 0.1) is 12.8 Å². The Morgan fingerprint density at radius 3 is 2.63 bits per heavy atom. The third-order valence-corrected chi connectivity index (χ3v) is 6.29. The van der Waals surface area contributed by atoms with Crippen molar-refractivity contribution in [2.45, 2.75) is 39.3 Å². The molecule has 1 fully saturated rings. The highest BCUT2D eigenvalue weighted by Gasteiger charge is 2.42. The lowest BCUT2D eigenvalue weighted by atomic mass is 9.82. The van der Waals surface area contributed by atoms with E-state index in [1.165, 1.54) is 0 Å². The van der Waals surface area contributed by atoms with Crippen LogP contribution in [-0.4, -0.2) is 30.5 Å². The Bertz CT molecular complexity index is 1180. The van der Waals surface area contributed by atoms with Gasteiger partial charge >= 0.3 is 0 Å². The van der Waals surface area contributed by atoms with Crippen LogP contribution < -0.4 is 19.7 Å². The normalized spacial score (nSPS) is 17.7. The summed E-state index contributed by atoms with van der Waals surface area (Å²) in [7, 11) is 1.60. The molecule has 2 heterocycles. The molecule has 1 aromatic heterocycles. The maximum Gasteiger partial charge on any atom is 0.227 e.